The standard InChI is InChI=1S/C25H27N7O/c1-15-6-7-19-18(10-15)16(2)33-22-11-17(14-28-25(22)27)24-20(30-31(3)21(24)13-26)12-23(29-19)32-8-4-5-9-32/h6-7,10-11,14,16H,4-5,8-9,12H2,1-3H3,(H2,27,28)/b29-23+/t16-/m1/s1. The molecule has 2 aromatic heterocycles. The highest BCUT2D eigenvalue weighted by molar-refractivity contribution is 5.89. The van der Waals surface area contributed by atoms with Crippen LogP contribution < -0.4 is 10.5 Å². The Morgan fingerprint density at radius 1 is 1.21 bits per heavy atom. The normalized spacial score (nSPS) is 19.3. The Hall–Kier alpha value is -3.86. The van der Waals surface area contributed by atoms with E-state index in [2.05, 4.69) is 35.0 Å². The predicted molar refractivity (Wildman–Crippen MR) is 127 cm³/mol. The largest absolute Gasteiger partial charge is 0.482 e. The number of pyridine rings is 1. The number of hydrogen-bond donors (Lipinski definition) is 1. The zero-order valence-electron chi connectivity index (χ0n) is 19.2. The minimum Gasteiger partial charge on any atom is -0.482 e. The molecule has 0 unspecified atom stereocenters. The summed E-state index contributed by atoms with van der Waals surface area (Å²) in [5.41, 5.74) is 12.0. The fourth-order valence-corrected chi connectivity index (χ4v) is 4.66. The van der Waals surface area contributed by atoms with E-state index >= 15 is 0 Å². The Morgan fingerprint density at radius 3 is 2.76 bits per heavy atom. The van der Waals surface area contributed by atoms with Gasteiger partial charge >= 0.3 is 0 Å². The number of ether oxygens (including phenoxy) is 1. The van der Waals surface area contributed by atoms with Crippen LogP contribution in [0.1, 0.15) is 48.4 Å². The molecule has 8 heteroatoms. The van der Waals surface area contributed by atoms with Crippen LogP contribution in [0.3, 0.4) is 0 Å². The number of nitrogens with zero attached hydrogens (tertiary/aromatic N) is 6. The van der Waals surface area contributed by atoms with Gasteiger partial charge in [0.05, 0.1) is 17.8 Å². The fraction of sp³-hybridized carbons (Fsp3) is 0.360. The highest BCUT2D eigenvalue weighted by atomic mass is 16.5. The van der Waals surface area contributed by atoms with Gasteiger partial charge in [-0.15, -0.1) is 0 Å². The molecule has 2 aliphatic heterocycles. The second kappa shape index (κ2) is 8.24. The Morgan fingerprint density at radius 2 is 2.00 bits per heavy atom. The molecule has 0 amide bonds. The van der Waals surface area contributed by atoms with Gasteiger partial charge in [-0.05, 0) is 38.8 Å². The van der Waals surface area contributed by atoms with Crippen molar-refractivity contribution < 1.29 is 4.74 Å². The molecule has 1 aromatic carbocycles. The molecule has 2 bridgehead atoms. The van der Waals surface area contributed by atoms with Gasteiger partial charge in [0, 0.05) is 43.0 Å². The summed E-state index contributed by atoms with van der Waals surface area (Å²) >= 11 is 0. The first-order valence-corrected chi connectivity index (χ1v) is 11.3. The second-order valence-corrected chi connectivity index (χ2v) is 8.73. The third-order valence-electron chi connectivity index (χ3n) is 6.37. The number of aryl methyl sites for hydroxylation is 2. The van der Waals surface area contributed by atoms with Crippen LogP contribution in [0.15, 0.2) is 35.5 Å². The van der Waals surface area contributed by atoms with Crippen LogP contribution in [0.25, 0.3) is 11.1 Å². The lowest BCUT2D eigenvalue weighted by molar-refractivity contribution is 0.228. The van der Waals surface area contributed by atoms with Gasteiger partial charge in [0.2, 0.25) is 0 Å². The molecule has 0 spiro atoms. The topological polar surface area (TPSA) is 105 Å². The number of aromatic nitrogens is 3. The van der Waals surface area contributed by atoms with Crippen molar-refractivity contribution in [2.24, 2.45) is 12.0 Å². The van der Waals surface area contributed by atoms with Gasteiger partial charge in [-0.25, -0.2) is 9.98 Å². The number of amidine groups is 1. The Balaban J connectivity index is 1.77. The van der Waals surface area contributed by atoms with Gasteiger partial charge in [-0.3, -0.25) is 4.68 Å². The van der Waals surface area contributed by atoms with Crippen molar-refractivity contribution in [3.8, 4) is 22.9 Å². The lowest BCUT2D eigenvalue weighted by Gasteiger charge is -2.23. The summed E-state index contributed by atoms with van der Waals surface area (Å²) in [7, 11) is 1.79. The number of nitriles is 1. The molecule has 0 radical (unpaired) electrons. The van der Waals surface area contributed by atoms with Crippen molar-refractivity contribution in [1.82, 2.24) is 19.7 Å². The minimum absolute atomic E-state index is 0.286. The van der Waals surface area contributed by atoms with Crippen molar-refractivity contribution in [2.45, 2.75) is 39.2 Å². The molecule has 168 valence electrons. The second-order valence-electron chi connectivity index (χ2n) is 8.73. The first-order valence-electron chi connectivity index (χ1n) is 11.3. The Bertz CT molecular complexity index is 1290. The monoisotopic (exact) mass is 441 g/mol. The van der Waals surface area contributed by atoms with E-state index in [1.807, 2.05) is 19.1 Å². The number of benzene rings is 1. The average molecular weight is 442 g/mol. The number of fused-ring (bicyclic) bond motifs is 5. The molecule has 33 heavy (non-hydrogen) atoms. The molecule has 3 aromatic rings. The predicted octanol–water partition coefficient (Wildman–Crippen LogP) is 4.07. The SMILES string of the molecule is Cc1ccc2c(c1)[C@@H](C)Oc1cc(cnc1N)-c1c(nn(C)c1C#N)C/C(N1CCCC1)=N\2. The minimum atomic E-state index is -0.286. The molecule has 2 aliphatic rings. The molecule has 5 rings (SSSR count). The van der Waals surface area contributed by atoms with Crippen LogP contribution in [-0.4, -0.2) is 38.6 Å². The summed E-state index contributed by atoms with van der Waals surface area (Å²) in [5.74, 6) is 1.75. The molecule has 8 nitrogen and oxygen atoms in total. The maximum absolute atomic E-state index is 9.89. The smallest absolute Gasteiger partial charge is 0.166 e. The zero-order valence-corrected chi connectivity index (χ0v) is 19.2. The summed E-state index contributed by atoms with van der Waals surface area (Å²) in [4.78, 5) is 11.9. The van der Waals surface area contributed by atoms with Gasteiger partial charge in [0.1, 0.15) is 23.7 Å². The van der Waals surface area contributed by atoms with Crippen LogP contribution >= 0.6 is 0 Å². The van der Waals surface area contributed by atoms with E-state index < -0.39 is 0 Å². The van der Waals surface area contributed by atoms with Gasteiger partial charge in [0.25, 0.3) is 0 Å². The van der Waals surface area contributed by atoms with E-state index in [0.29, 0.717) is 23.7 Å². The number of aliphatic imine (C=N–C) groups is 1. The van der Waals surface area contributed by atoms with Gasteiger partial charge < -0.3 is 15.4 Å². The lowest BCUT2D eigenvalue weighted by Crippen LogP contribution is -2.30. The Kier molecular flexibility index (Phi) is 5.25. The van der Waals surface area contributed by atoms with E-state index in [4.69, 9.17) is 20.6 Å². The van der Waals surface area contributed by atoms with E-state index in [0.717, 1.165) is 65.4 Å². The number of likely N-dealkylation sites (tertiary alicyclic amines) is 1. The van der Waals surface area contributed by atoms with Gasteiger partial charge in [0.15, 0.2) is 11.6 Å². The molecular weight excluding hydrogens is 414 g/mol. The van der Waals surface area contributed by atoms with Crippen LogP contribution in [0.5, 0.6) is 5.75 Å². The Labute approximate surface area is 193 Å². The first-order chi connectivity index (χ1) is 15.9. The number of nitrogen functional groups attached to an aromatic ring is 1. The highest BCUT2D eigenvalue weighted by Gasteiger charge is 2.26. The summed E-state index contributed by atoms with van der Waals surface area (Å²) < 4.78 is 7.94. The van der Waals surface area contributed by atoms with Crippen molar-refractivity contribution in [3.63, 3.8) is 0 Å². The zero-order chi connectivity index (χ0) is 23.1. The molecule has 1 atom stereocenters. The van der Waals surface area contributed by atoms with Crippen LogP contribution in [-0.2, 0) is 13.5 Å². The third kappa shape index (κ3) is 3.80. The van der Waals surface area contributed by atoms with Gasteiger partial charge in [-0.1, -0.05) is 17.7 Å². The van der Waals surface area contributed by atoms with Crippen LogP contribution in [0.4, 0.5) is 11.5 Å². The van der Waals surface area contributed by atoms with Crippen LogP contribution in [0, 0.1) is 18.3 Å². The molecule has 1 fully saturated rings. The fourth-order valence-electron chi connectivity index (χ4n) is 4.66. The summed E-state index contributed by atoms with van der Waals surface area (Å²) in [6.07, 6.45) is 4.20. The van der Waals surface area contributed by atoms with Crippen molar-refractivity contribution in [3.05, 3.63) is 53.0 Å². The van der Waals surface area contributed by atoms with E-state index in [1.165, 1.54) is 0 Å². The van der Waals surface area contributed by atoms with Crippen molar-refractivity contribution >= 4 is 17.3 Å². The molecule has 1 saturated heterocycles. The number of anilines is 1. The molecule has 0 saturated carbocycles. The summed E-state index contributed by atoms with van der Waals surface area (Å²) in [5, 5.41) is 14.6. The number of rotatable bonds is 0. The average Bonchev–Trinajstić information content (AvgIpc) is 3.43. The molecule has 0 aliphatic carbocycles. The molecular formula is C25H27N7O. The first kappa shape index (κ1) is 21.0. The lowest BCUT2D eigenvalue weighted by atomic mass is 10.0. The third-order valence-corrected chi connectivity index (χ3v) is 6.37. The maximum Gasteiger partial charge on any atom is 0.166 e. The maximum atomic E-state index is 9.89. The quantitative estimate of drug-likeness (QED) is 0.564. The summed E-state index contributed by atoms with van der Waals surface area (Å²) in [6, 6.07) is 10.4. The van der Waals surface area contributed by atoms with Gasteiger partial charge in [-0.2, -0.15) is 10.4 Å². The number of hydrogen-bond acceptors (Lipinski definition) is 7. The molecule has 4 heterocycles. The highest BCUT2D eigenvalue weighted by Crippen LogP contribution is 2.37. The van der Waals surface area contributed by atoms with E-state index in [1.54, 1.807) is 17.9 Å². The molecule has 2 N–H and O–H groups in total. The van der Waals surface area contributed by atoms with E-state index in [-0.39, 0.29) is 6.10 Å². The van der Waals surface area contributed by atoms with Crippen molar-refractivity contribution in [2.75, 3.05) is 18.8 Å². The summed E-state index contributed by atoms with van der Waals surface area (Å²) in [6.45, 7) is 5.99. The number of nitrogens with two attached hydrogens (primary N) is 1. The van der Waals surface area contributed by atoms with E-state index in [9.17, 15) is 5.26 Å². The van der Waals surface area contributed by atoms with Crippen molar-refractivity contribution in [1.29, 1.82) is 5.26 Å². The van der Waals surface area contributed by atoms with Crippen LogP contribution in [0.2, 0.25) is 0 Å².